The number of rotatable bonds is 8. The van der Waals surface area contributed by atoms with E-state index in [9.17, 15) is 9.90 Å². The van der Waals surface area contributed by atoms with Gasteiger partial charge in [0.1, 0.15) is 0 Å². The van der Waals surface area contributed by atoms with Crippen molar-refractivity contribution in [2.45, 2.75) is 52.0 Å². The van der Waals surface area contributed by atoms with Crippen molar-refractivity contribution in [1.82, 2.24) is 0 Å². The lowest BCUT2D eigenvalue weighted by atomic mass is 9.85. The molecule has 3 nitrogen and oxygen atoms in total. The van der Waals surface area contributed by atoms with Gasteiger partial charge in [-0.15, -0.1) is 0 Å². The molecule has 0 heterocycles. The topological polar surface area (TPSA) is 46.5 Å². The van der Waals surface area contributed by atoms with Gasteiger partial charge >= 0.3 is 5.97 Å². The summed E-state index contributed by atoms with van der Waals surface area (Å²) in [6.07, 6.45) is 2.55. The van der Waals surface area contributed by atoms with E-state index in [4.69, 9.17) is 4.43 Å². The Bertz CT molecular complexity index is 192. The molecule has 0 aromatic carbocycles. The molecule has 4 heteroatoms. The summed E-state index contributed by atoms with van der Waals surface area (Å²) in [6.45, 7) is 8.69. The molecule has 90 valence electrons. The van der Waals surface area contributed by atoms with Crippen molar-refractivity contribution < 1.29 is 14.3 Å². The minimum atomic E-state index is -0.998. The van der Waals surface area contributed by atoms with Crippen LogP contribution in [-0.2, 0) is 9.22 Å². The highest BCUT2D eigenvalue weighted by atomic mass is 28.2. The summed E-state index contributed by atoms with van der Waals surface area (Å²) in [5.74, 6) is -0.392. The summed E-state index contributed by atoms with van der Waals surface area (Å²) in [4.78, 5) is 11.5. The van der Waals surface area contributed by atoms with Gasteiger partial charge in [-0.25, -0.2) is 0 Å². The fraction of sp³-hybridized carbons (Fsp3) is 0.909. The molecular formula is C11H24O3Si. The quantitative estimate of drug-likeness (QED) is 0.653. The minimum Gasteiger partial charge on any atom is -0.481 e. The Kier molecular flexibility index (Phi) is 6.84. The first-order valence-corrected chi connectivity index (χ1v) is 7.18. The summed E-state index contributed by atoms with van der Waals surface area (Å²) in [7, 11) is -0.998. The van der Waals surface area contributed by atoms with E-state index in [0.29, 0.717) is 13.0 Å². The molecule has 0 aromatic rings. The number of carboxylic acid groups (broad SMARTS) is 1. The van der Waals surface area contributed by atoms with E-state index in [1.807, 2.05) is 13.8 Å². The van der Waals surface area contributed by atoms with Crippen molar-refractivity contribution in [3.63, 3.8) is 0 Å². The fourth-order valence-electron chi connectivity index (χ4n) is 2.25. The van der Waals surface area contributed by atoms with Crippen molar-refractivity contribution in [2.75, 3.05) is 6.61 Å². The van der Waals surface area contributed by atoms with Gasteiger partial charge < -0.3 is 9.53 Å². The van der Waals surface area contributed by atoms with Crippen molar-refractivity contribution >= 4 is 15.7 Å². The van der Waals surface area contributed by atoms with Gasteiger partial charge in [-0.3, -0.25) is 4.79 Å². The molecule has 1 N–H and O–H groups in total. The normalized spacial score (nSPS) is 16.1. The maximum absolute atomic E-state index is 11.5. The van der Waals surface area contributed by atoms with E-state index < -0.39 is 20.8 Å². The maximum atomic E-state index is 11.5. The van der Waals surface area contributed by atoms with Crippen LogP contribution in [0.4, 0.5) is 0 Å². The molecule has 0 bridgehead atoms. The Hall–Kier alpha value is -0.353. The second-order valence-corrected chi connectivity index (χ2v) is 5.92. The third-order valence-corrected chi connectivity index (χ3v) is 5.89. The average Bonchev–Trinajstić information content (AvgIpc) is 2.24. The zero-order chi connectivity index (χ0) is 11.9. The van der Waals surface area contributed by atoms with Gasteiger partial charge in [0.05, 0.1) is 5.04 Å². The molecule has 1 unspecified atom stereocenters. The van der Waals surface area contributed by atoms with E-state index in [1.54, 1.807) is 0 Å². The van der Waals surface area contributed by atoms with Crippen LogP contribution in [0.1, 0.15) is 47.0 Å². The molecule has 15 heavy (non-hydrogen) atoms. The van der Waals surface area contributed by atoms with Crippen molar-refractivity contribution in [3.05, 3.63) is 0 Å². The summed E-state index contributed by atoms with van der Waals surface area (Å²) in [5.41, 5.74) is 0. The molecule has 0 aliphatic heterocycles. The highest BCUT2D eigenvalue weighted by Gasteiger charge is 2.43. The number of hydrogen-bond acceptors (Lipinski definition) is 2. The number of carbonyl (C=O) groups is 1. The van der Waals surface area contributed by atoms with Crippen LogP contribution in [0, 0.1) is 5.92 Å². The van der Waals surface area contributed by atoms with Gasteiger partial charge in [0, 0.05) is 6.61 Å². The van der Waals surface area contributed by atoms with E-state index >= 15 is 0 Å². The predicted octanol–water partition coefficient (Wildman–Crippen LogP) is 2.20. The van der Waals surface area contributed by atoms with E-state index in [-0.39, 0.29) is 5.92 Å². The van der Waals surface area contributed by atoms with Gasteiger partial charge in [-0.2, -0.15) is 0 Å². The van der Waals surface area contributed by atoms with Gasteiger partial charge in [-0.05, 0) is 19.3 Å². The summed E-state index contributed by atoms with van der Waals surface area (Å²) < 4.78 is 5.49. The molecule has 0 aliphatic rings. The third-order valence-electron chi connectivity index (χ3n) is 3.39. The Morgan fingerprint density at radius 1 is 1.33 bits per heavy atom. The fourth-order valence-corrected chi connectivity index (χ4v) is 3.96. The van der Waals surface area contributed by atoms with Crippen LogP contribution in [0.3, 0.4) is 0 Å². The smallest absolute Gasteiger partial charge is 0.308 e. The number of hydrogen-bond donors (Lipinski definition) is 1. The zero-order valence-corrected chi connectivity index (χ0v) is 11.8. The summed E-state index contributed by atoms with van der Waals surface area (Å²) >= 11 is 0. The Balaban J connectivity index is 4.85. The molecule has 0 rings (SSSR count). The molecule has 0 saturated carbocycles. The van der Waals surface area contributed by atoms with Crippen molar-refractivity contribution in [2.24, 2.45) is 5.92 Å². The SMILES string of the molecule is CCO[SiH2]C(CC)(C(=O)O)C(CC)CC. The van der Waals surface area contributed by atoms with Gasteiger partial charge in [-0.1, -0.05) is 33.6 Å². The number of carboxylic acids is 1. The van der Waals surface area contributed by atoms with Crippen LogP contribution in [0.5, 0.6) is 0 Å². The Morgan fingerprint density at radius 2 is 1.87 bits per heavy atom. The van der Waals surface area contributed by atoms with Crippen LogP contribution in [-0.4, -0.2) is 27.4 Å². The second kappa shape index (κ2) is 7.01. The highest BCUT2D eigenvalue weighted by Crippen LogP contribution is 2.42. The van der Waals surface area contributed by atoms with Crippen LogP contribution < -0.4 is 0 Å². The third kappa shape index (κ3) is 3.31. The molecule has 0 fully saturated rings. The van der Waals surface area contributed by atoms with Crippen LogP contribution in [0.2, 0.25) is 5.04 Å². The lowest BCUT2D eigenvalue weighted by molar-refractivity contribution is -0.143. The average molecular weight is 232 g/mol. The molecule has 0 spiro atoms. The first-order chi connectivity index (χ1) is 7.08. The monoisotopic (exact) mass is 232 g/mol. The molecule has 0 radical (unpaired) electrons. The maximum Gasteiger partial charge on any atom is 0.308 e. The first-order valence-electron chi connectivity index (χ1n) is 5.90. The van der Waals surface area contributed by atoms with Crippen LogP contribution >= 0.6 is 0 Å². The summed E-state index contributed by atoms with van der Waals surface area (Å²) in [6, 6.07) is 0. The van der Waals surface area contributed by atoms with E-state index in [1.165, 1.54) is 0 Å². The molecule has 0 aliphatic carbocycles. The molecule has 0 amide bonds. The molecular weight excluding hydrogens is 208 g/mol. The van der Waals surface area contributed by atoms with Crippen LogP contribution in [0.25, 0.3) is 0 Å². The lowest BCUT2D eigenvalue weighted by Crippen LogP contribution is -2.37. The Morgan fingerprint density at radius 3 is 2.13 bits per heavy atom. The standard InChI is InChI=1S/C11H24O3Si/c1-5-9(6-2)11(7-3,10(12)13)15-14-8-4/h9H,5-8,15H2,1-4H3,(H,12,13). The van der Waals surface area contributed by atoms with Gasteiger partial charge in [0.15, 0.2) is 9.76 Å². The minimum absolute atomic E-state index is 0.262. The number of aliphatic carboxylic acids is 1. The van der Waals surface area contributed by atoms with Gasteiger partial charge in [0.2, 0.25) is 0 Å². The van der Waals surface area contributed by atoms with E-state index in [2.05, 4.69) is 13.8 Å². The van der Waals surface area contributed by atoms with Crippen LogP contribution in [0.15, 0.2) is 0 Å². The summed E-state index contributed by atoms with van der Waals surface area (Å²) in [5, 5.41) is 8.88. The predicted molar refractivity (Wildman–Crippen MR) is 64.9 cm³/mol. The highest BCUT2D eigenvalue weighted by molar-refractivity contribution is 6.40. The first kappa shape index (κ1) is 14.6. The molecule has 1 atom stereocenters. The van der Waals surface area contributed by atoms with Crippen molar-refractivity contribution in [1.29, 1.82) is 0 Å². The largest absolute Gasteiger partial charge is 0.481 e. The molecule has 0 saturated heterocycles. The Labute approximate surface area is 95.2 Å². The lowest BCUT2D eigenvalue weighted by Gasteiger charge is -2.34. The van der Waals surface area contributed by atoms with Gasteiger partial charge in [0.25, 0.3) is 0 Å². The second-order valence-electron chi connectivity index (χ2n) is 3.97. The van der Waals surface area contributed by atoms with E-state index in [0.717, 1.165) is 12.8 Å². The zero-order valence-electron chi connectivity index (χ0n) is 10.4. The molecule has 0 aromatic heterocycles. The van der Waals surface area contributed by atoms with Crippen molar-refractivity contribution in [3.8, 4) is 0 Å².